The van der Waals surface area contributed by atoms with E-state index in [1.54, 1.807) is 6.26 Å². The molecule has 1 heterocycles. The molecule has 1 N–H and O–H groups in total. The molecule has 3 rings (SSSR count). The molecule has 0 bridgehead atoms. The van der Waals surface area contributed by atoms with Crippen molar-refractivity contribution in [1.82, 2.24) is 10.5 Å². The van der Waals surface area contributed by atoms with Gasteiger partial charge in [0.05, 0.1) is 0 Å². The van der Waals surface area contributed by atoms with E-state index in [-0.39, 0.29) is 0 Å². The zero-order chi connectivity index (χ0) is 12.4. The number of likely N-dealkylation sites (N-methyl/N-ethyl adjacent to an activating group) is 1. The first-order chi connectivity index (χ1) is 8.88. The summed E-state index contributed by atoms with van der Waals surface area (Å²) in [6.07, 6.45) is 5.10. The monoisotopic (exact) mass is 242 g/mol. The van der Waals surface area contributed by atoms with Gasteiger partial charge in [0.1, 0.15) is 12.0 Å². The molecule has 1 aliphatic rings. The van der Waals surface area contributed by atoms with Gasteiger partial charge in [-0.05, 0) is 36.9 Å². The van der Waals surface area contributed by atoms with E-state index < -0.39 is 0 Å². The molecule has 3 nitrogen and oxygen atoms in total. The highest BCUT2D eigenvalue weighted by molar-refractivity contribution is 5.65. The number of rotatable bonds is 3. The average molecular weight is 242 g/mol. The fourth-order valence-electron chi connectivity index (χ4n) is 2.84. The minimum Gasteiger partial charge on any atom is -0.364 e. The molecular formula is C15H18N2O. The highest BCUT2D eigenvalue weighted by Crippen LogP contribution is 2.30. The van der Waals surface area contributed by atoms with Gasteiger partial charge in [-0.3, -0.25) is 0 Å². The van der Waals surface area contributed by atoms with Crippen LogP contribution in [0.5, 0.6) is 0 Å². The zero-order valence-corrected chi connectivity index (χ0v) is 10.6. The van der Waals surface area contributed by atoms with Crippen molar-refractivity contribution in [2.75, 3.05) is 6.54 Å². The van der Waals surface area contributed by atoms with Gasteiger partial charge in [-0.25, -0.2) is 0 Å². The Labute approximate surface area is 107 Å². The van der Waals surface area contributed by atoms with E-state index in [1.807, 2.05) is 6.07 Å². The minimum absolute atomic E-state index is 0.593. The Hall–Kier alpha value is -1.61. The van der Waals surface area contributed by atoms with Crippen LogP contribution in [0.15, 0.2) is 35.1 Å². The maximum Gasteiger partial charge on any atom is 0.124 e. The number of hydrogen-bond donors (Lipinski definition) is 1. The summed E-state index contributed by atoms with van der Waals surface area (Å²) in [6, 6.07) is 9.03. The molecule has 0 amide bonds. The van der Waals surface area contributed by atoms with Crippen LogP contribution in [0.2, 0.25) is 0 Å². The van der Waals surface area contributed by atoms with Crippen LogP contribution in [0.3, 0.4) is 0 Å². The molecule has 0 saturated heterocycles. The van der Waals surface area contributed by atoms with Gasteiger partial charge in [0, 0.05) is 17.7 Å². The van der Waals surface area contributed by atoms with Crippen LogP contribution in [0, 0.1) is 0 Å². The lowest BCUT2D eigenvalue weighted by Crippen LogP contribution is -2.34. The Morgan fingerprint density at radius 3 is 3.11 bits per heavy atom. The minimum atomic E-state index is 0.593. The Balaban J connectivity index is 1.98. The largest absolute Gasteiger partial charge is 0.364 e. The van der Waals surface area contributed by atoms with E-state index in [2.05, 4.69) is 35.6 Å². The van der Waals surface area contributed by atoms with Crippen LogP contribution in [-0.4, -0.2) is 17.7 Å². The summed E-state index contributed by atoms with van der Waals surface area (Å²) in [6.45, 7) is 3.20. The number of hydrogen-bond acceptors (Lipinski definition) is 3. The second kappa shape index (κ2) is 4.94. The quantitative estimate of drug-likeness (QED) is 0.899. The predicted octanol–water partition coefficient (Wildman–Crippen LogP) is 2.81. The lowest BCUT2D eigenvalue weighted by Gasteiger charge is -2.26. The standard InChI is InChI=1S/C15H18N2O/c1-2-16-12-7-6-11-4-3-5-13(14(11)10-12)15-8-9-18-17-15/h3-5,8-9,12,16H,2,6-7,10H2,1H3. The van der Waals surface area contributed by atoms with Crippen LogP contribution in [0.25, 0.3) is 11.3 Å². The molecule has 0 saturated carbocycles. The number of nitrogens with zero attached hydrogens (tertiary/aromatic N) is 1. The van der Waals surface area contributed by atoms with E-state index in [0.29, 0.717) is 6.04 Å². The fourth-order valence-corrected chi connectivity index (χ4v) is 2.84. The molecule has 1 aromatic heterocycles. The molecular weight excluding hydrogens is 224 g/mol. The molecule has 0 aliphatic heterocycles. The molecule has 1 aliphatic carbocycles. The third-order valence-electron chi connectivity index (χ3n) is 3.69. The number of fused-ring (bicyclic) bond motifs is 1. The molecule has 1 unspecified atom stereocenters. The van der Waals surface area contributed by atoms with Gasteiger partial charge in [-0.2, -0.15) is 0 Å². The fraction of sp³-hybridized carbons (Fsp3) is 0.400. The number of nitrogens with one attached hydrogen (secondary N) is 1. The Morgan fingerprint density at radius 1 is 1.39 bits per heavy atom. The topological polar surface area (TPSA) is 38.1 Å². The second-order valence-corrected chi connectivity index (χ2v) is 4.83. The molecule has 1 aromatic carbocycles. The number of benzene rings is 1. The van der Waals surface area contributed by atoms with E-state index in [1.165, 1.54) is 23.1 Å². The van der Waals surface area contributed by atoms with Crippen molar-refractivity contribution in [2.45, 2.75) is 32.2 Å². The SMILES string of the molecule is CCNC1CCc2cccc(-c3ccon3)c2C1. The van der Waals surface area contributed by atoms with Crippen molar-refractivity contribution >= 4 is 0 Å². The van der Waals surface area contributed by atoms with Gasteiger partial charge in [0.15, 0.2) is 0 Å². The molecule has 94 valence electrons. The molecule has 0 spiro atoms. The van der Waals surface area contributed by atoms with E-state index in [9.17, 15) is 0 Å². The van der Waals surface area contributed by atoms with Crippen LogP contribution in [0.1, 0.15) is 24.5 Å². The van der Waals surface area contributed by atoms with Crippen molar-refractivity contribution in [2.24, 2.45) is 0 Å². The summed E-state index contributed by atoms with van der Waals surface area (Å²) in [5.41, 5.74) is 5.07. The first-order valence-electron chi connectivity index (χ1n) is 6.63. The second-order valence-electron chi connectivity index (χ2n) is 4.83. The smallest absolute Gasteiger partial charge is 0.124 e. The highest BCUT2D eigenvalue weighted by Gasteiger charge is 2.21. The molecule has 3 heteroatoms. The number of aromatic nitrogens is 1. The lowest BCUT2D eigenvalue weighted by molar-refractivity contribution is 0.422. The van der Waals surface area contributed by atoms with Crippen molar-refractivity contribution in [1.29, 1.82) is 0 Å². The van der Waals surface area contributed by atoms with Crippen molar-refractivity contribution < 1.29 is 4.52 Å². The Kier molecular flexibility index (Phi) is 3.15. The van der Waals surface area contributed by atoms with Gasteiger partial charge in [0.25, 0.3) is 0 Å². The highest BCUT2D eigenvalue weighted by atomic mass is 16.5. The lowest BCUT2D eigenvalue weighted by atomic mass is 9.84. The summed E-state index contributed by atoms with van der Waals surface area (Å²) in [5.74, 6) is 0. The maximum absolute atomic E-state index is 4.97. The summed E-state index contributed by atoms with van der Waals surface area (Å²) in [4.78, 5) is 0. The maximum atomic E-state index is 4.97. The number of aryl methyl sites for hydroxylation is 1. The van der Waals surface area contributed by atoms with Crippen molar-refractivity contribution in [3.63, 3.8) is 0 Å². The molecule has 1 atom stereocenters. The van der Waals surface area contributed by atoms with Crippen LogP contribution < -0.4 is 5.32 Å². The predicted molar refractivity (Wildman–Crippen MR) is 71.4 cm³/mol. The Morgan fingerprint density at radius 2 is 2.33 bits per heavy atom. The average Bonchev–Trinajstić information content (AvgIpc) is 2.92. The Bertz CT molecular complexity index is 519. The molecule has 0 radical (unpaired) electrons. The van der Waals surface area contributed by atoms with Crippen LogP contribution >= 0.6 is 0 Å². The van der Waals surface area contributed by atoms with E-state index in [4.69, 9.17) is 4.52 Å². The first-order valence-corrected chi connectivity index (χ1v) is 6.63. The summed E-state index contributed by atoms with van der Waals surface area (Å²) in [7, 11) is 0. The van der Waals surface area contributed by atoms with Crippen molar-refractivity contribution in [3.8, 4) is 11.3 Å². The molecule has 0 fully saturated rings. The zero-order valence-electron chi connectivity index (χ0n) is 10.6. The van der Waals surface area contributed by atoms with Gasteiger partial charge in [-0.15, -0.1) is 0 Å². The van der Waals surface area contributed by atoms with Crippen LogP contribution in [-0.2, 0) is 12.8 Å². The van der Waals surface area contributed by atoms with Crippen molar-refractivity contribution in [3.05, 3.63) is 41.7 Å². The van der Waals surface area contributed by atoms with Crippen LogP contribution in [0.4, 0.5) is 0 Å². The van der Waals surface area contributed by atoms with Gasteiger partial charge < -0.3 is 9.84 Å². The van der Waals surface area contributed by atoms with Gasteiger partial charge in [-0.1, -0.05) is 30.3 Å². The third-order valence-corrected chi connectivity index (χ3v) is 3.69. The van der Waals surface area contributed by atoms with E-state index in [0.717, 1.165) is 25.1 Å². The summed E-state index contributed by atoms with van der Waals surface area (Å²) in [5, 5.41) is 7.62. The first kappa shape index (κ1) is 11.5. The molecule has 18 heavy (non-hydrogen) atoms. The van der Waals surface area contributed by atoms with E-state index >= 15 is 0 Å². The normalized spacial score (nSPS) is 18.6. The third kappa shape index (κ3) is 2.06. The van der Waals surface area contributed by atoms with Gasteiger partial charge in [0.2, 0.25) is 0 Å². The summed E-state index contributed by atoms with van der Waals surface area (Å²) < 4.78 is 4.97. The summed E-state index contributed by atoms with van der Waals surface area (Å²) >= 11 is 0. The van der Waals surface area contributed by atoms with Gasteiger partial charge >= 0.3 is 0 Å². The molecule has 2 aromatic rings.